The van der Waals surface area contributed by atoms with Crippen LogP contribution in [-0.4, -0.2) is 29.2 Å². The molecule has 2 aromatic rings. The minimum absolute atomic E-state index is 0.0205. The van der Waals surface area contributed by atoms with Crippen molar-refractivity contribution in [1.29, 1.82) is 5.26 Å². The number of nitriles is 1. The van der Waals surface area contributed by atoms with Crippen molar-refractivity contribution in [2.24, 2.45) is 0 Å². The minimum atomic E-state index is -0.526. The van der Waals surface area contributed by atoms with Crippen LogP contribution in [0.5, 0.6) is 0 Å². The molecule has 2 N–H and O–H groups in total. The highest BCUT2D eigenvalue weighted by atomic mass is 19.1. The summed E-state index contributed by atoms with van der Waals surface area (Å²) in [6, 6.07) is 13.0. The summed E-state index contributed by atoms with van der Waals surface area (Å²) in [5.74, 6) is -0.526. The number of hydrogen-bond acceptors (Lipinski definition) is 3. The van der Waals surface area contributed by atoms with E-state index in [4.69, 9.17) is 5.26 Å². The van der Waals surface area contributed by atoms with Gasteiger partial charge in [-0.1, -0.05) is 30.3 Å². The zero-order chi connectivity index (χ0) is 17.8. The van der Waals surface area contributed by atoms with Gasteiger partial charge in [0.15, 0.2) is 0 Å². The minimum Gasteiger partial charge on any atom is -0.394 e. The van der Waals surface area contributed by atoms with E-state index in [0.717, 1.165) is 17.2 Å². The number of benzene rings is 2. The Morgan fingerprint density at radius 1 is 1.36 bits per heavy atom. The molecular formula is C19H18FN3O2. The van der Waals surface area contributed by atoms with E-state index in [9.17, 15) is 14.3 Å². The second kappa shape index (κ2) is 7.32. The van der Waals surface area contributed by atoms with Gasteiger partial charge in [0.1, 0.15) is 5.82 Å². The molecule has 6 heteroatoms. The number of rotatable bonds is 3. The Morgan fingerprint density at radius 3 is 2.88 bits per heavy atom. The molecule has 0 saturated heterocycles. The van der Waals surface area contributed by atoms with Gasteiger partial charge in [-0.05, 0) is 29.7 Å². The molecule has 0 aliphatic carbocycles. The predicted octanol–water partition coefficient (Wildman–Crippen LogP) is 2.50. The molecule has 2 aromatic carbocycles. The van der Waals surface area contributed by atoms with Crippen molar-refractivity contribution in [2.75, 3.05) is 13.2 Å². The van der Waals surface area contributed by atoms with E-state index in [1.807, 2.05) is 30.3 Å². The number of carbonyl (C=O) groups excluding carboxylic acids is 1. The summed E-state index contributed by atoms with van der Waals surface area (Å²) in [4.78, 5) is 14.1. The maximum absolute atomic E-state index is 13.9. The second-order valence-corrected chi connectivity index (χ2v) is 5.92. The maximum atomic E-state index is 13.9. The van der Waals surface area contributed by atoms with Crippen LogP contribution in [0.25, 0.3) is 0 Å². The number of aliphatic hydroxyl groups is 1. The van der Waals surface area contributed by atoms with Crippen LogP contribution in [0.15, 0.2) is 42.5 Å². The average Bonchev–Trinajstić information content (AvgIpc) is 2.65. The summed E-state index contributed by atoms with van der Waals surface area (Å²) in [7, 11) is 0. The third-order valence-electron chi connectivity index (χ3n) is 4.46. The second-order valence-electron chi connectivity index (χ2n) is 5.92. The van der Waals surface area contributed by atoms with E-state index in [1.54, 1.807) is 4.90 Å². The highest BCUT2D eigenvalue weighted by Gasteiger charge is 2.29. The number of nitrogens with zero attached hydrogens (tertiary/aromatic N) is 2. The number of carbonyl (C=O) groups is 1. The van der Waals surface area contributed by atoms with Gasteiger partial charge in [-0.2, -0.15) is 5.26 Å². The third-order valence-corrected chi connectivity index (χ3v) is 4.46. The molecule has 1 unspecified atom stereocenters. The van der Waals surface area contributed by atoms with Crippen LogP contribution < -0.4 is 5.32 Å². The van der Waals surface area contributed by atoms with Crippen molar-refractivity contribution in [3.63, 3.8) is 0 Å². The lowest BCUT2D eigenvalue weighted by atomic mass is 9.93. The molecule has 1 aliphatic heterocycles. The van der Waals surface area contributed by atoms with Crippen molar-refractivity contribution < 1.29 is 14.3 Å². The maximum Gasteiger partial charge on any atom is 0.318 e. The van der Waals surface area contributed by atoms with Gasteiger partial charge in [0.05, 0.1) is 24.3 Å². The zero-order valence-electron chi connectivity index (χ0n) is 13.6. The molecule has 2 amide bonds. The Balaban J connectivity index is 1.70. The zero-order valence-corrected chi connectivity index (χ0v) is 13.6. The van der Waals surface area contributed by atoms with Gasteiger partial charge in [0.2, 0.25) is 0 Å². The molecule has 0 bridgehead atoms. The van der Waals surface area contributed by atoms with Crippen molar-refractivity contribution in [2.45, 2.75) is 19.0 Å². The molecule has 1 heterocycles. The Hall–Kier alpha value is -2.91. The van der Waals surface area contributed by atoms with Gasteiger partial charge in [-0.3, -0.25) is 0 Å². The van der Waals surface area contributed by atoms with Crippen LogP contribution in [-0.2, 0) is 13.0 Å². The SMILES string of the molecule is N#Cc1ccc(CNC(=O)N2CCc3ccccc3C2CO)c(F)c1. The average molecular weight is 339 g/mol. The number of amides is 2. The van der Waals surface area contributed by atoms with Crippen molar-refractivity contribution in [1.82, 2.24) is 10.2 Å². The van der Waals surface area contributed by atoms with E-state index < -0.39 is 11.9 Å². The summed E-state index contributed by atoms with van der Waals surface area (Å²) >= 11 is 0. The Kier molecular flexibility index (Phi) is 4.96. The fraction of sp³-hybridized carbons (Fsp3) is 0.263. The molecule has 0 spiro atoms. The first-order valence-electron chi connectivity index (χ1n) is 8.05. The van der Waals surface area contributed by atoms with E-state index in [1.165, 1.54) is 12.1 Å². The smallest absolute Gasteiger partial charge is 0.318 e. The normalized spacial score (nSPS) is 16.0. The molecule has 3 rings (SSSR count). The summed E-state index contributed by atoms with van der Waals surface area (Å²) in [5.41, 5.74) is 2.62. The number of hydrogen-bond donors (Lipinski definition) is 2. The van der Waals surface area contributed by atoms with Gasteiger partial charge >= 0.3 is 6.03 Å². The standard InChI is InChI=1S/C19H18FN3O2/c20-17-9-13(10-21)5-6-15(17)11-22-19(25)23-8-7-14-3-1-2-4-16(14)18(23)12-24/h1-6,9,18,24H,7-8,11-12H2,(H,22,25). The first-order valence-corrected chi connectivity index (χ1v) is 8.05. The molecule has 1 atom stereocenters. The fourth-order valence-corrected chi connectivity index (χ4v) is 3.12. The van der Waals surface area contributed by atoms with Crippen LogP contribution in [0.1, 0.15) is 28.3 Å². The lowest BCUT2D eigenvalue weighted by molar-refractivity contribution is 0.126. The van der Waals surface area contributed by atoms with Gasteiger partial charge in [-0.15, -0.1) is 0 Å². The number of fused-ring (bicyclic) bond motifs is 1. The Bertz CT molecular complexity index is 832. The van der Waals surface area contributed by atoms with Crippen LogP contribution >= 0.6 is 0 Å². The molecule has 0 radical (unpaired) electrons. The first-order chi connectivity index (χ1) is 12.1. The molecule has 0 saturated carbocycles. The number of urea groups is 1. The lowest BCUT2D eigenvalue weighted by Crippen LogP contribution is -2.46. The van der Waals surface area contributed by atoms with Crippen LogP contribution in [0, 0.1) is 17.1 Å². The van der Waals surface area contributed by atoms with Gasteiger partial charge < -0.3 is 15.3 Å². The van der Waals surface area contributed by atoms with Gasteiger partial charge in [0.25, 0.3) is 0 Å². The van der Waals surface area contributed by atoms with Crippen molar-refractivity contribution in [3.05, 3.63) is 70.5 Å². The molecule has 25 heavy (non-hydrogen) atoms. The highest BCUT2D eigenvalue weighted by Crippen LogP contribution is 2.29. The molecule has 5 nitrogen and oxygen atoms in total. The van der Waals surface area contributed by atoms with E-state index in [2.05, 4.69) is 5.32 Å². The van der Waals surface area contributed by atoms with Gasteiger partial charge in [0, 0.05) is 18.7 Å². The van der Waals surface area contributed by atoms with Crippen LogP contribution in [0.3, 0.4) is 0 Å². The fourth-order valence-electron chi connectivity index (χ4n) is 3.12. The predicted molar refractivity (Wildman–Crippen MR) is 90.0 cm³/mol. The third kappa shape index (κ3) is 3.47. The van der Waals surface area contributed by atoms with E-state index in [0.29, 0.717) is 18.5 Å². The summed E-state index contributed by atoms with van der Waals surface area (Å²) in [5, 5.41) is 21.2. The Morgan fingerprint density at radius 2 is 2.16 bits per heavy atom. The number of halogens is 1. The Labute approximate surface area is 145 Å². The van der Waals surface area contributed by atoms with Crippen LogP contribution in [0.2, 0.25) is 0 Å². The number of nitrogens with one attached hydrogen (secondary N) is 1. The monoisotopic (exact) mass is 339 g/mol. The van der Waals surface area contributed by atoms with E-state index >= 15 is 0 Å². The van der Waals surface area contributed by atoms with E-state index in [-0.39, 0.29) is 24.7 Å². The lowest BCUT2D eigenvalue weighted by Gasteiger charge is -2.36. The summed E-state index contributed by atoms with van der Waals surface area (Å²) in [6.45, 7) is 0.340. The molecule has 0 aromatic heterocycles. The van der Waals surface area contributed by atoms with Gasteiger partial charge in [-0.25, -0.2) is 9.18 Å². The highest BCUT2D eigenvalue weighted by molar-refractivity contribution is 5.75. The van der Waals surface area contributed by atoms with Crippen molar-refractivity contribution in [3.8, 4) is 6.07 Å². The molecule has 0 fully saturated rings. The summed E-state index contributed by atoms with van der Waals surface area (Å²) < 4.78 is 13.9. The number of aliphatic hydroxyl groups excluding tert-OH is 1. The largest absolute Gasteiger partial charge is 0.394 e. The quantitative estimate of drug-likeness (QED) is 0.902. The molecular weight excluding hydrogens is 321 g/mol. The first kappa shape index (κ1) is 16.9. The molecule has 1 aliphatic rings. The summed E-state index contributed by atoms with van der Waals surface area (Å²) in [6.07, 6.45) is 0.714. The molecule has 128 valence electrons. The topological polar surface area (TPSA) is 76.4 Å². The van der Waals surface area contributed by atoms with Crippen LogP contribution in [0.4, 0.5) is 9.18 Å². The van der Waals surface area contributed by atoms with Crippen molar-refractivity contribution >= 4 is 6.03 Å².